The normalized spacial score (nSPS) is 16.5. The second-order valence-corrected chi connectivity index (χ2v) is 7.46. The highest BCUT2D eigenvalue weighted by Gasteiger charge is 2.35. The van der Waals surface area contributed by atoms with E-state index in [1.807, 2.05) is 48.5 Å². The largest absolute Gasteiger partial charge is 0.339 e. The summed E-state index contributed by atoms with van der Waals surface area (Å²) >= 11 is 0. The summed E-state index contributed by atoms with van der Waals surface area (Å²) < 4.78 is 7.07. The summed E-state index contributed by atoms with van der Waals surface area (Å²) in [5.41, 5.74) is 3.34. The Balaban J connectivity index is 1.44. The molecule has 0 aliphatic carbocycles. The van der Waals surface area contributed by atoms with Crippen LogP contribution in [0.4, 0.5) is 5.69 Å². The first-order chi connectivity index (χ1) is 14.5. The van der Waals surface area contributed by atoms with Gasteiger partial charge in [0.05, 0.1) is 17.0 Å². The van der Waals surface area contributed by atoms with E-state index in [2.05, 4.69) is 15.1 Å². The fourth-order valence-electron chi connectivity index (χ4n) is 3.87. The summed E-state index contributed by atoms with van der Waals surface area (Å²) in [7, 11) is 1.72. The first kappa shape index (κ1) is 18.2. The molecule has 3 heterocycles. The standard InChI is InChI=1S/C22H19N5O3/c1-13-22(29)26(2)18-9-8-14(10-17(18)23-13)20-24-21(30-25-20)15-11-19(28)27(12-15)16-6-4-3-5-7-16/h3-10,15H,11-12H2,1-2H3/t15-/m1/s1. The lowest BCUT2D eigenvalue weighted by atomic mass is 10.1. The van der Waals surface area contributed by atoms with Crippen LogP contribution in [0, 0.1) is 6.92 Å². The van der Waals surface area contributed by atoms with Gasteiger partial charge < -0.3 is 14.0 Å². The molecule has 0 unspecified atom stereocenters. The molecule has 8 nitrogen and oxygen atoms in total. The lowest BCUT2D eigenvalue weighted by molar-refractivity contribution is -0.117. The number of carbonyl (C=O) groups excluding carboxylic acids is 1. The quantitative estimate of drug-likeness (QED) is 0.524. The van der Waals surface area contributed by atoms with Gasteiger partial charge in [-0.3, -0.25) is 9.59 Å². The van der Waals surface area contributed by atoms with Gasteiger partial charge in [0.2, 0.25) is 17.6 Å². The van der Waals surface area contributed by atoms with Crippen molar-refractivity contribution in [3.63, 3.8) is 0 Å². The Kier molecular flexibility index (Phi) is 4.20. The number of amides is 1. The number of fused-ring (bicyclic) bond motifs is 1. The minimum absolute atomic E-state index is 0.0391. The molecule has 150 valence electrons. The molecule has 1 aliphatic rings. The molecule has 4 aromatic rings. The summed E-state index contributed by atoms with van der Waals surface area (Å²) in [4.78, 5) is 35.2. The fraction of sp³-hybridized carbons (Fsp3) is 0.227. The Morgan fingerprint density at radius 3 is 2.67 bits per heavy atom. The van der Waals surface area contributed by atoms with E-state index in [1.54, 1.807) is 23.4 Å². The molecule has 1 saturated heterocycles. The van der Waals surface area contributed by atoms with Gasteiger partial charge in [-0.15, -0.1) is 0 Å². The van der Waals surface area contributed by atoms with E-state index >= 15 is 0 Å². The number of rotatable bonds is 3. The van der Waals surface area contributed by atoms with E-state index in [4.69, 9.17) is 4.52 Å². The summed E-state index contributed by atoms with van der Waals surface area (Å²) in [6.45, 7) is 2.20. The third kappa shape index (κ3) is 2.97. The van der Waals surface area contributed by atoms with Gasteiger partial charge in [0.25, 0.3) is 5.56 Å². The number of benzene rings is 2. The van der Waals surface area contributed by atoms with Gasteiger partial charge in [-0.2, -0.15) is 4.98 Å². The van der Waals surface area contributed by atoms with Gasteiger partial charge in [0.1, 0.15) is 5.69 Å². The minimum Gasteiger partial charge on any atom is -0.339 e. The molecule has 0 radical (unpaired) electrons. The number of anilines is 1. The number of hydrogen-bond donors (Lipinski definition) is 0. The van der Waals surface area contributed by atoms with Crippen LogP contribution in [0.5, 0.6) is 0 Å². The van der Waals surface area contributed by atoms with E-state index in [0.717, 1.165) is 16.8 Å². The van der Waals surface area contributed by atoms with Crippen molar-refractivity contribution in [3.05, 3.63) is 70.5 Å². The number of carbonyl (C=O) groups is 1. The molecule has 2 aromatic carbocycles. The summed E-state index contributed by atoms with van der Waals surface area (Å²) in [5.74, 6) is 0.769. The smallest absolute Gasteiger partial charge is 0.272 e. The Bertz CT molecular complexity index is 1330. The van der Waals surface area contributed by atoms with Crippen molar-refractivity contribution in [1.82, 2.24) is 19.7 Å². The van der Waals surface area contributed by atoms with Gasteiger partial charge >= 0.3 is 0 Å². The minimum atomic E-state index is -0.152. The Labute approximate surface area is 171 Å². The Hall–Kier alpha value is -3.81. The van der Waals surface area contributed by atoms with Gasteiger partial charge in [-0.25, -0.2) is 4.98 Å². The molecule has 1 aliphatic heterocycles. The molecule has 5 rings (SSSR count). The van der Waals surface area contributed by atoms with Crippen LogP contribution < -0.4 is 10.5 Å². The highest BCUT2D eigenvalue weighted by molar-refractivity contribution is 5.96. The third-order valence-corrected chi connectivity index (χ3v) is 5.48. The SMILES string of the molecule is Cc1nc2cc(-c3noc([C@@H]4CC(=O)N(c5ccccc5)C4)n3)ccc2n(C)c1=O. The van der Waals surface area contributed by atoms with Crippen LogP contribution in [-0.4, -0.2) is 32.1 Å². The molecule has 0 N–H and O–H groups in total. The van der Waals surface area contributed by atoms with E-state index in [9.17, 15) is 9.59 Å². The van der Waals surface area contributed by atoms with Gasteiger partial charge in [0, 0.05) is 31.3 Å². The first-order valence-corrected chi connectivity index (χ1v) is 9.68. The summed E-state index contributed by atoms with van der Waals surface area (Å²) in [5, 5.41) is 4.11. The molecule has 1 fully saturated rings. The lowest BCUT2D eigenvalue weighted by Crippen LogP contribution is -2.24. The van der Waals surface area contributed by atoms with Crippen LogP contribution in [0.25, 0.3) is 22.4 Å². The number of aryl methyl sites for hydroxylation is 2. The molecule has 2 aromatic heterocycles. The van der Waals surface area contributed by atoms with E-state index in [1.165, 1.54) is 0 Å². The molecule has 8 heteroatoms. The van der Waals surface area contributed by atoms with E-state index < -0.39 is 0 Å². The Morgan fingerprint density at radius 2 is 1.87 bits per heavy atom. The van der Waals surface area contributed by atoms with Gasteiger partial charge in [0.15, 0.2) is 0 Å². The molecule has 1 atom stereocenters. The average Bonchev–Trinajstić information content (AvgIpc) is 3.39. The molecular formula is C22H19N5O3. The monoisotopic (exact) mass is 401 g/mol. The lowest BCUT2D eigenvalue weighted by Gasteiger charge is -2.15. The second kappa shape index (κ2) is 6.91. The van der Waals surface area contributed by atoms with Crippen LogP contribution in [0.1, 0.15) is 23.9 Å². The average molecular weight is 401 g/mol. The molecule has 30 heavy (non-hydrogen) atoms. The number of hydrogen-bond acceptors (Lipinski definition) is 6. The fourth-order valence-corrected chi connectivity index (χ4v) is 3.87. The molecule has 0 saturated carbocycles. The third-order valence-electron chi connectivity index (χ3n) is 5.48. The maximum atomic E-state index is 12.5. The molecule has 0 bridgehead atoms. The number of para-hydroxylation sites is 1. The number of aromatic nitrogens is 4. The highest BCUT2D eigenvalue weighted by atomic mass is 16.5. The van der Waals surface area contributed by atoms with E-state index in [0.29, 0.717) is 35.9 Å². The molecular weight excluding hydrogens is 382 g/mol. The zero-order valence-electron chi connectivity index (χ0n) is 16.6. The predicted molar refractivity (Wildman–Crippen MR) is 111 cm³/mol. The number of nitrogens with zero attached hydrogens (tertiary/aromatic N) is 5. The van der Waals surface area contributed by atoms with Crippen LogP contribution in [0.2, 0.25) is 0 Å². The van der Waals surface area contributed by atoms with Crippen LogP contribution in [-0.2, 0) is 11.8 Å². The topological polar surface area (TPSA) is 94.1 Å². The van der Waals surface area contributed by atoms with Gasteiger partial charge in [-0.05, 0) is 37.3 Å². The Morgan fingerprint density at radius 1 is 1.07 bits per heavy atom. The summed E-state index contributed by atoms with van der Waals surface area (Å²) in [6.07, 6.45) is 0.330. The molecule has 1 amide bonds. The van der Waals surface area contributed by atoms with Crippen LogP contribution in [0.3, 0.4) is 0 Å². The van der Waals surface area contributed by atoms with Gasteiger partial charge in [-0.1, -0.05) is 23.4 Å². The maximum absolute atomic E-state index is 12.5. The molecule has 0 spiro atoms. The maximum Gasteiger partial charge on any atom is 0.272 e. The van der Waals surface area contributed by atoms with Crippen molar-refractivity contribution < 1.29 is 9.32 Å². The van der Waals surface area contributed by atoms with Crippen molar-refractivity contribution in [2.75, 3.05) is 11.4 Å². The van der Waals surface area contributed by atoms with Crippen LogP contribution in [0.15, 0.2) is 57.8 Å². The second-order valence-electron chi connectivity index (χ2n) is 7.46. The van der Waals surface area contributed by atoms with Crippen molar-refractivity contribution in [2.45, 2.75) is 19.3 Å². The zero-order chi connectivity index (χ0) is 20.8. The highest BCUT2D eigenvalue weighted by Crippen LogP contribution is 2.32. The van der Waals surface area contributed by atoms with Crippen molar-refractivity contribution >= 4 is 22.6 Å². The van der Waals surface area contributed by atoms with Crippen LogP contribution >= 0.6 is 0 Å². The first-order valence-electron chi connectivity index (χ1n) is 9.68. The zero-order valence-corrected chi connectivity index (χ0v) is 16.6. The van der Waals surface area contributed by atoms with E-state index in [-0.39, 0.29) is 17.4 Å². The van der Waals surface area contributed by atoms with Crippen molar-refractivity contribution in [3.8, 4) is 11.4 Å². The predicted octanol–water partition coefficient (Wildman–Crippen LogP) is 2.81. The van der Waals surface area contributed by atoms with Crippen molar-refractivity contribution in [2.24, 2.45) is 7.05 Å². The summed E-state index contributed by atoms with van der Waals surface area (Å²) in [6, 6.07) is 15.1. The van der Waals surface area contributed by atoms with Crippen molar-refractivity contribution in [1.29, 1.82) is 0 Å².